The number of aliphatic carboxylic acids is 1. The van der Waals surface area contributed by atoms with Gasteiger partial charge in [-0.05, 0) is 6.42 Å². The van der Waals surface area contributed by atoms with Gasteiger partial charge in [0.05, 0.1) is 17.8 Å². The number of aryl methyl sites for hydroxylation is 1. The van der Waals surface area contributed by atoms with Crippen LogP contribution in [0.3, 0.4) is 0 Å². The van der Waals surface area contributed by atoms with Crippen LogP contribution in [-0.4, -0.2) is 33.4 Å². The van der Waals surface area contributed by atoms with Gasteiger partial charge in [0, 0.05) is 19.8 Å². The van der Waals surface area contributed by atoms with Gasteiger partial charge in [0.1, 0.15) is 0 Å². The molecular weight excluding hydrogens is 224 g/mol. The molecule has 0 saturated heterocycles. The largest absolute Gasteiger partial charge is 0.481 e. The highest BCUT2D eigenvalue weighted by molar-refractivity contribution is 5.88. The normalized spacial score (nSPS) is 11.9. The topological polar surface area (TPSA) is 96.3 Å². The molecule has 0 saturated carbocycles. The van der Waals surface area contributed by atoms with Gasteiger partial charge in [0.25, 0.3) is 0 Å². The summed E-state index contributed by atoms with van der Waals surface area (Å²) < 4.78 is 1.57. The quantitative estimate of drug-likeness (QED) is 0.704. The standard InChI is InChI=1S/C10H16N4O3/c1-7(9(15)16)3-4-11-10(17)13-8-5-12-14(2)6-8/h5-7H,3-4H2,1-2H3,(H,15,16)(H2,11,13,17). The maximum atomic E-state index is 11.4. The predicted octanol–water partition coefficient (Wildman–Crippen LogP) is 0.652. The van der Waals surface area contributed by atoms with E-state index in [0.29, 0.717) is 18.7 Å². The van der Waals surface area contributed by atoms with E-state index in [9.17, 15) is 9.59 Å². The van der Waals surface area contributed by atoms with Gasteiger partial charge in [-0.25, -0.2) is 4.79 Å². The van der Waals surface area contributed by atoms with Gasteiger partial charge in [-0.15, -0.1) is 0 Å². The van der Waals surface area contributed by atoms with Gasteiger partial charge in [-0.2, -0.15) is 5.10 Å². The van der Waals surface area contributed by atoms with Crippen LogP contribution in [0.4, 0.5) is 10.5 Å². The molecule has 17 heavy (non-hydrogen) atoms. The van der Waals surface area contributed by atoms with Crippen molar-refractivity contribution in [3.8, 4) is 0 Å². The van der Waals surface area contributed by atoms with E-state index in [-0.39, 0.29) is 6.03 Å². The minimum Gasteiger partial charge on any atom is -0.481 e. The Morgan fingerprint density at radius 1 is 1.59 bits per heavy atom. The zero-order valence-electron chi connectivity index (χ0n) is 9.80. The molecule has 3 N–H and O–H groups in total. The summed E-state index contributed by atoms with van der Waals surface area (Å²) in [6.07, 6.45) is 3.59. The first-order chi connectivity index (χ1) is 7.99. The molecule has 0 fully saturated rings. The minimum absolute atomic E-state index is 0.319. The molecule has 1 atom stereocenters. The van der Waals surface area contributed by atoms with Gasteiger partial charge in [0.2, 0.25) is 0 Å². The molecule has 0 aromatic carbocycles. The number of anilines is 1. The number of carboxylic acid groups (broad SMARTS) is 1. The number of urea groups is 1. The van der Waals surface area contributed by atoms with Gasteiger partial charge in [-0.1, -0.05) is 6.92 Å². The predicted molar refractivity (Wildman–Crippen MR) is 61.6 cm³/mol. The molecule has 1 rings (SSSR count). The Morgan fingerprint density at radius 3 is 2.82 bits per heavy atom. The first kappa shape index (κ1) is 13.0. The van der Waals surface area contributed by atoms with Crippen molar-refractivity contribution in [3.63, 3.8) is 0 Å². The van der Waals surface area contributed by atoms with Crippen molar-refractivity contribution in [1.29, 1.82) is 0 Å². The van der Waals surface area contributed by atoms with Crippen LogP contribution in [-0.2, 0) is 11.8 Å². The molecule has 1 unspecified atom stereocenters. The number of carbonyl (C=O) groups excluding carboxylic acids is 1. The fourth-order valence-corrected chi connectivity index (χ4v) is 1.19. The number of nitrogens with zero attached hydrogens (tertiary/aromatic N) is 2. The first-order valence-corrected chi connectivity index (χ1v) is 5.25. The van der Waals surface area contributed by atoms with Gasteiger partial charge >= 0.3 is 12.0 Å². The first-order valence-electron chi connectivity index (χ1n) is 5.25. The van der Waals surface area contributed by atoms with Gasteiger partial charge in [-0.3, -0.25) is 9.48 Å². The molecule has 2 amide bonds. The average molecular weight is 240 g/mol. The summed E-state index contributed by atoms with van der Waals surface area (Å²) in [4.78, 5) is 21.9. The van der Waals surface area contributed by atoms with Crippen molar-refractivity contribution in [2.24, 2.45) is 13.0 Å². The Hall–Kier alpha value is -2.05. The molecule has 0 aliphatic carbocycles. The molecule has 0 radical (unpaired) electrons. The maximum absolute atomic E-state index is 11.4. The molecule has 94 valence electrons. The van der Waals surface area contributed by atoms with E-state index in [4.69, 9.17) is 5.11 Å². The SMILES string of the molecule is CC(CCNC(=O)Nc1cnn(C)c1)C(=O)O. The number of amides is 2. The minimum atomic E-state index is -0.862. The fourth-order valence-electron chi connectivity index (χ4n) is 1.19. The highest BCUT2D eigenvalue weighted by Crippen LogP contribution is 2.03. The van der Waals surface area contributed by atoms with Crippen LogP contribution in [0, 0.1) is 5.92 Å². The lowest BCUT2D eigenvalue weighted by Crippen LogP contribution is -2.31. The number of aromatic nitrogens is 2. The zero-order valence-corrected chi connectivity index (χ0v) is 9.80. The number of hydrogen-bond acceptors (Lipinski definition) is 3. The van der Waals surface area contributed by atoms with E-state index in [0.717, 1.165) is 0 Å². The highest BCUT2D eigenvalue weighted by Gasteiger charge is 2.10. The van der Waals surface area contributed by atoms with Gasteiger partial charge in [0.15, 0.2) is 0 Å². The lowest BCUT2D eigenvalue weighted by molar-refractivity contribution is -0.141. The summed E-state index contributed by atoms with van der Waals surface area (Å²) in [5, 5.41) is 17.7. The van der Waals surface area contributed by atoms with E-state index >= 15 is 0 Å². The average Bonchev–Trinajstić information content (AvgIpc) is 2.63. The molecule has 0 bridgehead atoms. The second-order valence-electron chi connectivity index (χ2n) is 3.81. The Labute approximate surface area is 98.8 Å². The maximum Gasteiger partial charge on any atom is 0.319 e. The summed E-state index contributed by atoms with van der Waals surface area (Å²) in [7, 11) is 1.75. The lowest BCUT2D eigenvalue weighted by Gasteiger charge is -2.08. The lowest BCUT2D eigenvalue weighted by atomic mass is 10.1. The van der Waals surface area contributed by atoms with Crippen molar-refractivity contribution >= 4 is 17.7 Å². The van der Waals surface area contributed by atoms with Crippen molar-refractivity contribution in [2.45, 2.75) is 13.3 Å². The third-order valence-corrected chi connectivity index (χ3v) is 2.25. The fraction of sp³-hybridized carbons (Fsp3) is 0.500. The van der Waals surface area contributed by atoms with Crippen LogP contribution in [0.2, 0.25) is 0 Å². The number of hydrogen-bond donors (Lipinski definition) is 3. The van der Waals surface area contributed by atoms with Crippen molar-refractivity contribution in [3.05, 3.63) is 12.4 Å². The zero-order chi connectivity index (χ0) is 12.8. The van der Waals surface area contributed by atoms with Gasteiger partial charge < -0.3 is 15.7 Å². The van der Waals surface area contributed by atoms with Crippen molar-refractivity contribution < 1.29 is 14.7 Å². The molecule has 1 heterocycles. The van der Waals surface area contributed by atoms with Crippen LogP contribution >= 0.6 is 0 Å². The molecule has 7 nitrogen and oxygen atoms in total. The Balaban J connectivity index is 2.24. The number of rotatable bonds is 5. The van der Waals surface area contributed by atoms with E-state index in [2.05, 4.69) is 15.7 Å². The Kier molecular flexibility index (Phi) is 4.50. The van der Waals surface area contributed by atoms with Crippen LogP contribution in [0.1, 0.15) is 13.3 Å². The smallest absolute Gasteiger partial charge is 0.319 e. The van der Waals surface area contributed by atoms with Crippen LogP contribution in [0.15, 0.2) is 12.4 Å². The van der Waals surface area contributed by atoms with E-state index in [1.165, 1.54) is 6.20 Å². The molecule has 1 aromatic rings. The third-order valence-electron chi connectivity index (χ3n) is 2.25. The van der Waals surface area contributed by atoms with Crippen molar-refractivity contribution in [1.82, 2.24) is 15.1 Å². The summed E-state index contributed by atoms with van der Waals surface area (Å²) in [6, 6.07) is -0.365. The van der Waals surface area contributed by atoms with Crippen LogP contribution < -0.4 is 10.6 Å². The summed E-state index contributed by atoms with van der Waals surface area (Å²) in [5.74, 6) is -1.33. The van der Waals surface area contributed by atoms with Crippen LogP contribution in [0.5, 0.6) is 0 Å². The summed E-state index contributed by atoms with van der Waals surface area (Å²) >= 11 is 0. The van der Waals surface area contributed by atoms with E-state index in [1.807, 2.05) is 0 Å². The molecule has 1 aromatic heterocycles. The van der Waals surface area contributed by atoms with E-state index in [1.54, 1.807) is 24.9 Å². The number of carbonyl (C=O) groups is 2. The number of nitrogens with one attached hydrogen (secondary N) is 2. The Bertz CT molecular complexity index is 402. The second kappa shape index (κ2) is 5.88. The van der Waals surface area contributed by atoms with E-state index < -0.39 is 11.9 Å². The second-order valence-corrected chi connectivity index (χ2v) is 3.81. The number of carboxylic acids is 1. The molecule has 0 spiro atoms. The third kappa shape index (κ3) is 4.54. The summed E-state index contributed by atoms with van der Waals surface area (Å²) in [5.41, 5.74) is 0.594. The van der Waals surface area contributed by atoms with Crippen LogP contribution in [0.25, 0.3) is 0 Å². The monoisotopic (exact) mass is 240 g/mol. The van der Waals surface area contributed by atoms with Crippen molar-refractivity contribution in [2.75, 3.05) is 11.9 Å². The molecule has 7 heteroatoms. The molecular formula is C10H16N4O3. The molecule has 0 aliphatic rings. The summed E-state index contributed by atoms with van der Waals surface area (Å²) in [6.45, 7) is 1.92. The molecule has 0 aliphatic heterocycles. The highest BCUT2D eigenvalue weighted by atomic mass is 16.4. The Morgan fingerprint density at radius 2 is 2.29 bits per heavy atom.